The smallest absolute Gasteiger partial charge is 0.286 e. The van der Waals surface area contributed by atoms with Gasteiger partial charge in [0.25, 0.3) is 11.8 Å². The number of hydrogen-bond acceptors (Lipinski definition) is 5. The Morgan fingerprint density at radius 3 is 2.67 bits per heavy atom. The molecular weight excluding hydrogens is 456 g/mol. The SMILES string of the molecule is O=C(CN1C(=O)CC(c2cccs2)Sc2ccccc21)NNC(=O)c1cc2ccccc2[nH]1. The fourth-order valence-corrected chi connectivity index (χ4v) is 5.96. The molecule has 0 saturated carbocycles. The van der Waals surface area contributed by atoms with Gasteiger partial charge in [0.1, 0.15) is 12.2 Å². The largest absolute Gasteiger partial charge is 0.350 e. The first-order valence-corrected chi connectivity index (χ1v) is 12.1. The third-order valence-corrected chi connectivity index (χ3v) is 7.78. The molecule has 9 heteroatoms. The molecule has 2 aromatic carbocycles. The van der Waals surface area contributed by atoms with E-state index in [1.54, 1.807) is 29.2 Å². The van der Waals surface area contributed by atoms with Crippen molar-refractivity contribution in [1.82, 2.24) is 15.8 Å². The number of nitrogens with one attached hydrogen (secondary N) is 3. The second-order valence-electron chi connectivity index (χ2n) is 7.55. The first-order valence-electron chi connectivity index (χ1n) is 10.3. The van der Waals surface area contributed by atoms with E-state index in [-0.39, 0.29) is 24.1 Å². The van der Waals surface area contributed by atoms with Crippen LogP contribution in [0.2, 0.25) is 0 Å². The summed E-state index contributed by atoms with van der Waals surface area (Å²) < 4.78 is 0. The molecule has 2 aromatic heterocycles. The first kappa shape index (κ1) is 21.3. The highest BCUT2D eigenvalue weighted by molar-refractivity contribution is 7.99. The van der Waals surface area contributed by atoms with Crippen molar-refractivity contribution in [2.75, 3.05) is 11.4 Å². The van der Waals surface area contributed by atoms with Gasteiger partial charge in [-0.25, -0.2) is 0 Å². The zero-order valence-electron chi connectivity index (χ0n) is 17.4. The Hall–Kier alpha value is -3.56. The van der Waals surface area contributed by atoms with Crippen LogP contribution in [0.15, 0.2) is 77.0 Å². The summed E-state index contributed by atoms with van der Waals surface area (Å²) in [6.45, 7) is -0.194. The van der Waals surface area contributed by atoms with Gasteiger partial charge in [0.05, 0.1) is 10.9 Å². The fourth-order valence-electron chi connectivity index (χ4n) is 3.76. The maximum atomic E-state index is 13.1. The van der Waals surface area contributed by atoms with Crippen LogP contribution in [0.1, 0.15) is 27.0 Å². The van der Waals surface area contributed by atoms with Crippen LogP contribution in [0, 0.1) is 0 Å². The number of thioether (sulfide) groups is 1. The van der Waals surface area contributed by atoms with Gasteiger partial charge in [-0.3, -0.25) is 25.2 Å². The molecule has 0 fully saturated rings. The Bertz CT molecular complexity index is 1300. The summed E-state index contributed by atoms with van der Waals surface area (Å²) in [5.74, 6) is -1.08. The average molecular weight is 477 g/mol. The number of amides is 3. The van der Waals surface area contributed by atoms with Crippen LogP contribution in [0.5, 0.6) is 0 Å². The standard InChI is InChI=1S/C24H20N4O3S2/c29-22(26-27-24(31)17-12-15-6-1-2-7-16(15)25-17)14-28-18-8-3-4-9-19(18)33-21(13-23(28)30)20-10-5-11-32-20/h1-12,21,25H,13-14H2,(H,26,29)(H,27,31). The van der Waals surface area contributed by atoms with E-state index in [9.17, 15) is 14.4 Å². The average Bonchev–Trinajstić information content (AvgIpc) is 3.49. The predicted molar refractivity (Wildman–Crippen MR) is 130 cm³/mol. The number of para-hydroxylation sites is 2. The van der Waals surface area contributed by atoms with Crippen LogP contribution in [0.25, 0.3) is 10.9 Å². The van der Waals surface area contributed by atoms with E-state index in [0.29, 0.717) is 11.4 Å². The maximum absolute atomic E-state index is 13.1. The van der Waals surface area contributed by atoms with E-state index in [2.05, 4.69) is 15.8 Å². The number of hydrazine groups is 1. The van der Waals surface area contributed by atoms with Crippen molar-refractivity contribution in [2.45, 2.75) is 16.6 Å². The van der Waals surface area contributed by atoms with Crippen molar-refractivity contribution in [2.24, 2.45) is 0 Å². The molecule has 0 radical (unpaired) electrons. The van der Waals surface area contributed by atoms with Crippen molar-refractivity contribution in [1.29, 1.82) is 0 Å². The third-order valence-electron chi connectivity index (χ3n) is 5.34. The van der Waals surface area contributed by atoms with Crippen LogP contribution in [0.3, 0.4) is 0 Å². The van der Waals surface area contributed by atoms with Gasteiger partial charge in [-0.1, -0.05) is 36.4 Å². The van der Waals surface area contributed by atoms with Crippen LogP contribution in [-0.2, 0) is 9.59 Å². The molecule has 1 unspecified atom stereocenters. The Morgan fingerprint density at radius 2 is 1.85 bits per heavy atom. The molecule has 0 saturated heterocycles. The number of thiophene rings is 1. The Kier molecular flexibility index (Phi) is 5.89. The zero-order valence-corrected chi connectivity index (χ0v) is 19.0. The highest BCUT2D eigenvalue weighted by atomic mass is 32.2. The summed E-state index contributed by atoms with van der Waals surface area (Å²) in [6, 6.07) is 20.8. The summed E-state index contributed by atoms with van der Waals surface area (Å²) in [4.78, 5) is 44.8. The van der Waals surface area contributed by atoms with E-state index in [0.717, 1.165) is 20.7 Å². The fraction of sp³-hybridized carbons (Fsp3) is 0.125. The topological polar surface area (TPSA) is 94.3 Å². The molecule has 0 aliphatic carbocycles. The second-order valence-corrected chi connectivity index (χ2v) is 9.77. The third kappa shape index (κ3) is 4.50. The maximum Gasteiger partial charge on any atom is 0.286 e. The van der Waals surface area contributed by atoms with Gasteiger partial charge in [-0.2, -0.15) is 0 Å². The summed E-state index contributed by atoms with van der Waals surface area (Å²) in [5, 5.41) is 2.89. The Morgan fingerprint density at radius 1 is 1.03 bits per heavy atom. The van der Waals surface area contributed by atoms with Crippen LogP contribution < -0.4 is 15.8 Å². The van der Waals surface area contributed by atoms with Gasteiger partial charge in [0.2, 0.25) is 5.91 Å². The molecule has 1 aliphatic heterocycles. The summed E-state index contributed by atoms with van der Waals surface area (Å²) in [5.41, 5.74) is 6.72. The minimum Gasteiger partial charge on any atom is -0.350 e. The monoisotopic (exact) mass is 476 g/mol. The number of anilines is 1. The first-order chi connectivity index (χ1) is 16.1. The van der Waals surface area contributed by atoms with Crippen LogP contribution in [-0.4, -0.2) is 29.3 Å². The number of nitrogens with zero attached hydrogens (tertiary/aromatic N) is 1. The molecule has 0 spiro atoms. The van der Waals surface area contributed by atoms with Crippen LogP contribution >= 0.6 is 23.1 Å². The number of benzene rings is 2. The molecule has 33 heavy (non-hydrogen) atoms. The molecule has 7 nitrogen and oxygen atoms in total. The van der Waals surface area contributed by atoms with Crippen molar-refractivity contribution in [3.05, 3.63) is 82.7 Å². The minimum atomic E-state index is -0.484. The lowest BCUT2D eigenvalue weighted by atomic mass is 10.2. The highest BCUT2D eigenvalue weighted by Crippen LogP contribution is 2.46. The van der Waals surface area contributed by atoms with E-state index in [1.807, 2.05) is 66.0 Å². The molecule has 3 N–H and O–H groups in total. The molecule has 0 bridgehead atoms. The van der Waals surface area contributed by atoms with Crippen molar-refractivity contribution >= 4 is 57.4 Å². The van der Waals surface area contributed by atoms with Crippen molar-refractivity contribution < 1.29 is 14.4 Å². The number of H-pyrrole nitrogens is 1. The summed E-state index contributed by atoms with van der Waals surface area (Å²) in [6.07, 6.45) is 0.286. The normalized spacial score (nSPS) is 15.7. The second kappa shape index (κ2) is 9.13. The number of rotatable bonds is 4. The van der Waals surface area contributed by atoms with Gasteiger partial charge in [0.15, 0.2) is 0 Å². The number of carbonyl (C=O) groups excluding carboxylic acids is 3. The molecule has 3 amide bonds. The van der Waals surface area contributed by atoms with Gasteiger partial charge in [-0.05, 0) is 35.7 Å². The lowest BCUT2D eigenvalue weighted by molar-refractivity contribution is -0.124. The Labute approximate surface area is 198 Å². The molecule has 4 aromatic rings. The number of aromatic nitrogens is 1. The molecular formula is C24H20N4O3S2. The number of fused-ring (bicyclic) bond motifs is 2. The zero-order chi connectivity index (χ0) is 22.8. The number of aromatic amines is 1. The van der Waals surface area contributed by atoms with Crippen molar-refractivity contribution in [3.63, 3.8) is 0 Å². The minimum absolute atomic E-state index is 0.00609. The lowest BCUT2D eigenvalue weighted by Crippen LogP contribution is -2.48. The number of carbonyl (C=O) groups is 3. The van der Waals surface area contributed by atoms with Gasteiger partial charge in [0, 0.05) is 27.1 Å². The highest BCUT2D eigenvalue weighted by Gasteiger charge is 2.30. The molecule has 166 valence electrons. The number of hydrogen-bond donors (Lipinski definition) is 3. The van der Waals surface area contributed by atoms with Gasteiger partial charge < -0.3 is 9.88 Å². The van der Waals surface area contributed by atoms with E-state index < -0.39 is 11.8 Å². The Balaban J connectivity index is 1.28. The van der Waals surface area contributed by atoms with E-state index in [1.165, 1.54) is 4.90 Å². The van der Waals surface area contributed by atoms with E-state index >= 15 is 0 Å². The van der Waals surface area contributed by atoms with Gasteiger partial charge >= 0.3 is 0 Å². The molecule has 1 atom stereocenters. The summed E-state index contributed by atoms with van der Waals surface area (Å²) in [7, 11) is 0. The summed E-state index contributed by atoms with van der Waals surface area (Å²) >= 11 is 3.25. The van der Waals surface area contributed by atoms with Crippen LogP contribution in [0.4, 0.5) is 5.69 Å². The van der Waals surface area contributed by atoms with Gasteiger partial charge in [-0.15, -0.1) is 23.1 Å². The molecule has 1 aliphatic rings. The lowest BCUT2D eigenvalue weighted by Gasteiger charge is -2.22. The quantitative estimate of drug-likeness (QED) is 0.384. The van der Waals surface area contributed by atoms with E-state index in [4.69, 9.17) is 0 Å². The van der Waals surface area contributed by atoms with Crippen molar-refractivity contribution in [3.8, 4) is 0 Å². The molecule has 3 heterocycles. The molecule has 5 rings (SSSR count). The predicted octanol–water partition coefficient (Wildman–Crippen LogP) is 4.26.